The summed E-state index contributed by atoms with van der Waals surface area (Å²) < 4.78 is 5.14. The van der Waals surface area contributed by atoms with E-state index in [0.717, 1.165) is 17.0 Å². The van der Waals surface area contributed by atoms with Crippen molar-refractivity contribution in [3.8, 4) is 5.75 Å². The van der Waals surface area contributed by atoms with Crippen LogP contribution in [0.4, 0.5) is 11.4 Å². The average Bonchev–Trinajstić information content (AvgIpc) is 3.51. The zero-order chi connectivity index (χ0) is 20.1. The van der Waals surface area contributed by atoms with Gasteiger partial charge in [0.2, 0.25) is 11.8 Å². The maximum atomic E-state index is 12.7. The Morgan fingerprint density at radius 3 is 2.18 bits per heavy atom. The summed E-state index contributed by atoms with van der Waals surface area (Å²) in [6.07, 6.45) is 1.88. The van der Waals surface area contributed by atoms with Gasteiger partial charge >= 0.3 is 0 Å². The van der Waals surface area contributed by atoms with E-state index in [9.17, 15) is 9.59 Å². The number of benzene rings is 2. The molecule has 0 heterocycles. The fourth-order valence-corrected chi connectivity index (χ4v) is 3.06. The Morgan fingerprint density at radius 2 is 1.64 bits per heavy atom. The minimum absolute atomic E-state index is 0.191. The molecule has 3 rings (SSSR count). The van der Waals surface area contributed by atoms with Crippen molar-refractivity contribution < 1.29 is 14.3 Å². The van der Waals surface area contributed by atoms with Gasteiger partial charge in [-0.15, -0.1) is 0 Å². The van der Waals surface area contributed by atoms with E-state index in [1.54, 1.807) is 7.11 Å². The molecule has 0 atom stereocenters. The molecule has 1 fully saturated rings. The molecule has 2 aromatic rings. The van der Waals surface area contributed by atoms with E-state index in [-0.39, 0.29) is 11.8 Å². The summed E-state index contributed by atoms with van der Waals surface area (Å²) in [4.78, 5) is 27.2. The summed E-state index contributed by atoms with van der Waals surface area (Å²) in [7, 11) is 5.55. The third-order valence-corrected chi connectivity index (χ3v) is 5.12. The lowest BCUT2D eigenvalue weighted by atomic mass is 10.0. The van der Waals surface area contributed by atoms with Crippen molar-refractivity contribution in [1.29, 1.82) is 0 Å². The smallest absolute Gasteiger partial charge is 0.240 e. The second-order valence-electron chi connectivity index (χ2n) is 7.33. The number of ether oxygens (including phenoxy) is 1. The highest BCUT2D eigenvalue weighted by atomic mass is 16.5. The summed E-state index contributed by atoms with van der Waals surface area (Å²) in [6, 6.07) is 15.3. The van der Waals surface area contributed by atoms with Crippen LogP contribution in [0.25, 0.3) is 0 Å². The van der Waals surface area contributed by atoms with Crippen molar-refractivity contribution in [3.63, 3.8) is 0 Å². The monoisotopic (exact) mass is 381 g/mol. The SMILES string of the molecule is COc1ccc(CCNC(=O)C2(C(=O)Nc3ccc(N(C)C)cc3)CC2)cc1. The number of carbonyl (C=O) groups excluding carboxylic acids is 2. The van der Waals surface area contributed by atoms with Crippen molar-refractivity contribution in [3.05, 3.63) is 54.1 Å². The Balaban J connectivity index is 1.51. The molecular weight excluding hydrogens is 354 g/mol. The van der Waals surface area contributed by atoms with E-state index < -0.39 is 5.41 Å². The van der Waals surface area contributed by atoms with Gasteiger partial charge in [0.1, 0.15) is 11.2 Å². The molecular formula is C22H27N3O3. The maximum Gasteiger partial charge on any atom is 0.240 e. The predicted molar refractivity (Wildman–Crippen MR) is 111 cm³/mol. The van der Waals surface area contributed by atoms with Crippen LogP contribution in [-0.4, -0.2) is 39.6 Å². The van der Waals surface area contributed by atoms with Gasteiger partial charge in [0.05, 0.1) is 7.11 Å². The van der Waals surface area contributed by atoms with Crippen molar-refractivity contribution in [1.82, 2.24) is 5.32 Å². The minimum Gasteiger partial charge on any atom is -0.497 e. The molecule has 2 amide bonds. The Labute approximate surface area is 165 Å². The predicted octanol–water partition coefficient (Wildman–Crippen LogP) is 2.84. The maximum absolute atomic E-state index is 12.7. The van der Waals surface area contributed by atoms with Crippen molar-refractivity contribution in [2.45, 2.75) is 19.3 Å². The van der Waals surface area contributed by atoms with Crippen LogP contribution in [0.2, 0.25) is 0 Å². The van der Waals surface area contributed by atoms with E-state index in [2.05, 4.69) is 10.6 Å². The van der Waals surface area contributed by atoms with E-state index in [0.29, 0.717) is 31.5 Å². The standard InChI is InChI=1S/C22H27N3O3/c1-25(2)18-8-6-17(7-9-18)24-21(27)22(13-14-22)20(26)23-15-12-16-4-10-19(28-3)11-5-16/h4-11H,12-15H2,1-3H3,(H,23,26)(H,24,27). The molecule has 1 saturated carbocycles. The van der Waals surface area contributed by atoms with E-state index >= 15 is 0 Å². The highest BCUT2D eigenvalue weighted by Crippen LogP contribution is 2.46. The van der Waals surface area contributed by atoms with Gasteiger partial charge in [0, 0.05) is 32.0 Å². The number of methoxy groups -OCH3 is 1. The summed E-state index contributed by atoms with van der Waals surface area (Å²) in [5.41, 5.74) is 1.93. The minimum atomic E-state index is -0.930. The summed E-state index contributed by atoms with van der Waals surface area (Å²) in [5.74, 6) is 0.385. The van der Waals surface area contributed by atoms with Crippen LogP contribution in [0, 0.1) is 5.41 Å². The number of nitrogens with one attached hydrogen (secondary N) is 2. The Hall–Kier alpha value is -3.02. The Bertz CT molecular complexity index is 825. The van der Waals surface area contributed by atoms with Gasteiger partial charge < -0.3 is 20.3 Å². The first-order chi connectivity index (χ1) is 13.4. The largest absolute Gasteiger partial charge is 0.497 e. The van der Waals surface area contributed by atoms with Gasteiger partial charge in [-0.05, 0) is 61.2 Å². The van der Waals surface area contributed by atoms with Gasteiger partial charge in [-0.25, -0.2) is 0 Å². The normalized spacial score (nSPS) is 14.1. The lowest BCUT2D eigenvalue weighted by molar-refractivity contribution is -0.134. The molecule has 0 spiro atoms. The molecule has 0 unspecified atom stereocenters. The van der Waals surface area contributed by atoms with Crippen LogP contribution in [-0.2, 0) is 16.0 Å². The zero-order valence-corrected chi connectivity index (χ0v) is 16.6. The number of amides is 2. The van der Waals surface area contributed by atoms with Crippen molar-refractivity contribution >= 4 is 23.2 Å². The molecule has 2 aromatic carbocycles. The van der Waals surface area contributed by atoms with E-state index in [4.69, 9.17) is 4.74 Å². The van der Waals surface area contributed by atoms with Crippen LogP contribution in [0.3, 0.4) is 0 Å². The molecule has 28 heavy (non-hydrogen) atoms. The first-order valence-electron chi connectivity index (χ1n) is 9.45. The molecule has 1 aliphatic carbocycles. The first kappa shape index (κ1) is 19.7. The highest BCUT2D eigenvalue weighted by Gasteiger charge is 2.56. The lowest BCUT2D eigenvalue weighted by Crippen LogP contribution is -2.40. The summed E-state index contributed by atoms with van der Waals surface area (Å²) in [6.45, 7) is 0.498. The molecule has 148 valence electrons. The average molecular weight is 381 g/mol. The third kappa shape index (κ3) is 4.44. The van der Waals surface area contributed by atoms with E-state index in [1.165, 1.54) is 0 Å². The molecule has 1 aliphatic rings. The number of anilines is 2. The van der Waals surface area contributed by atoms with Gasteiger partial charge in [0.15, 0.2) is 0 Å². The molecule has 0 saturated heterocycles. The molecule has 6 nitrogen and oxygen atoms in total. The molecule has 0 aliphatic heterocycles. The van der Waals surface area contributed by atoms with Crippen LogP contribution < -0.4 is 20.3 Å². The third-order valence-electron chi connectivity index (χ3n) is 5.12. The van der Waals surface area contributed by atoms with E-state index in [1.807, 2.05) is 67.5 Å². The van der Waals surface area contributed by atoms with Crippen LogP contribution >= 0.6 is 0 Å². The number of rotatable bonds is 8. The molecule has 0 radical (unpaired) electrons. The second kappa shape index (κ2) is 8.33. The fourth-order valence-electron chi connectivity index (χ4n) is 3.06. The van der Waals surface area contributed by atoms with Crippen LogP contribution in [0.1, 0.15) is 18.4 Å². The number of hydrogen-bond donors (Lipinski definition) is 2. The zero-order valence-electron chi connectivity index (χ0n) is 16.6. The number of hydrogen-bond acceptors (Lipinski definition) is 4. The summed E-state index contributed by atoms with van der Waals surface area (Å²) in [5, 5.41) is 5.80. The summed E-state index contributed by atoms with van der Waals surface area (Å²) >= 11 is 0. The van der Waals surface area contributed by atoms with Crippen LogP contribution in [0.5, 0.6) is 5.75 Å². The van der Waals surface area contributed by atoms with Crippen LogP contribution in [0.15, 0.2) is 48.5 Å². The lowest BCUT2D eigenvalue weighted by Gasteiger charge is -2.17. The Morgan fingerprint density at radius 1 is 1.00 bits per heavy atom. The topological polar surface area (TPSA) is 70.7 Å². The molecule has 2 N–H and O–H groups in total. The first-order valence-corrected chi connectivity index (χ1v) is 9.45. The highest BCUT2D eigenvalue weighted by molar-refractivity contribution is 6.13. The molecule has 0 aromatic heterocycles. The van der Waals surface area contributed by atoms with Crippen molar-refractivity contribution in [2.24, 2.45) is 5.41 Å². The Kier molecular flexibility index (Phi) is 5.87. The fraction of sp³-hybridized carbons (Fsp3) is 0.364. The van der Waals surface area contributed by atoms with Gasteiger partial charge in [-0.1, -0.05) is 12.1 Å². The number of nitrogens with zero attached hydrogens (tertiary/aromatic N) is 1. The van der Waals surface area contributed by atoms with Gasteiger partial charge in [-0.3, -0.25) is 9.59 Å². The molecule has 6 heteroatoms. The quantitative estimate of drug-likeness (QED) is 0.690. The second-order valence-corrected chi connectivity index (χ2v) is 7.33. The van der Waals surface area contributed by atoms with Gasteiger partial charge in [0.25, 0.3) is 0 Å². The van der Waals surface area contributed by atoms with Gasteiger partial charge in [-0.2, -0.15) is 0 Å². The number of carbonyl (C=O) groups is 2. The molecule has 0 bridgehead atoms. The van der Waals surface area contributed by atoms with Crippen molar-refractivity contribution in [2.75, 3.05) is 38.0 Å².